The predicted octanol–water partition coefficient (Wildman–Crippen LogP) is 5.51. The lowest BCUT2D eigenvalue weighted by atomic mass is 10.0. The molecule has 0 aliphatic carbocycles. The number of pyridine rings is 2. The Morgan fingerprint density at radius 2 is 1.68 bits per heavy atom. The molecular weight excluding hydrogens is 389 g/mol. The molecule has 0 saturated heterocycles. The quantitative estimate of drug-likeness (QED) is 0.620. The van der Waals surface area contributed by atoms with Gasteiger partial charge in [0, 0.05) is 28.8 Å². The fourth-order valence-electron chi connectivity index (χ4n) is 3.05. The van der Waals surface area contributed by atoms with Crippen molar-refractivity contribution >= 4 is 11.6 Å². The van der Waals surface area contributed by atoms with E-state index in [0.717, 1.165) is 23.4 Å². The van der Waals surface area contributed by atoms with Crippen LogP contribution >= 0.6 is 11.6 Å². The maximum atomic E-state index is 12.6. The number of aromatic amines is 1. The number of hydrogen-bond acceptors (Lipinski definition) is 2. The Labute approximate surface area is 165 Å². The lowest BCUT2D eigenvalue weighted by Crippen LogP contribution is -2.11. The first-order valence-electron chi connectivity index (χ1n) is 8.67. The average molecular weight is 407 g/mol. The molecule has 0 aliphatic heterocycles. The molecule has 1 aromatic carbocycles. The van der Waals surface area contributed by atoms with Crippen LogP contribution < -0.4 is 5.43 Å². The molecule has 0 fully saturated rings. The largest absolute Gasteiger partial charge is 0.416 e. The van der Waals surface area contributed by atoms with E-state index in [9.17, 15) is 18.0 Å². The number of rotatable bonds is 4. The Balaban J connectivity index is 1.74. The van der Waals surface area contributed by atoms with Crippen molar-refractivity contribution in [1.82, 2.24) is 9.97 Å². The highest BCUT2D eigenvalue weighted by Gasteiger charge is 2.29. The fourth-order valence-corrected chi connectivity index (χ4v) is 3.19. The highest BCUT2D eigenvalue weighted by atomic mass is 35.5. The summed E-state index contributed by atoms with van der Waals surface area (Å²) < 4.78 is 37.8. The highest BCUT2D eigenvalue weighted by Crippen LogP contribution is 2.29. The van der Waals surface area contributed by atoms with Crippen LogP contribution in [0.25, 0.3) is 11.1 Å². The first-order chi connectivity index (χ1) is 13.2. The molecule has 1 N–H and O–H groups in total. The van der Waals surface area contributed by atoms with E-state index < -0.39 is 11.7 Å². The first-order valence-corrected chi connectivity index (χ1v) is 9.05. The first kappa shape index (κ1) is 20.1. The van der Waals surface area contributed by atoms with Crippen molar-refractivity contribution in [2.75, 3.05) is 0 Å². The van der Waals surface area contributed by atoms with Crippen molar-refractivity contribution in [2.24, 2.45) is 0 Å². The number of nitrogens with zero attached hydrogens (tertiary/aromatic N) is 1. The molecule has 0 atom stereocenters. The van der Waals surface area contributed by atoms with Gasteiger partial charge in [0.1, 0.15) is 5.02 Å². The van der Waals surface area contributed by atoms with E-state index in [2.05, 4.69) is 9.97 Å². The molecule has 0 bridgehead atoms. The SMILES string of the molecule is Cc1[nH]c(C)c(-c2ccc(CCc3ccc(C(F)(F)F)cc3)nc2)c(=O)c1Cl. The van der Waals surface area contributed by atoms with Crippen molar-refractivity contribution in [1.29, 1.82) is 0 Å². The summed E-state index contributed by atoms with van der Waals surface area (Å²) >= 11 is 6.06. The number of H-pyrrole nitrogens is 1. The van der Waals surface area contributed by atoms with Gasteiger partial charge < -0.3 is 4.98 Å². The van der Waals surface area contributed by atoms with Crippen LogP contribution in [0.3, 0.4) is 0 Å². The molecule has 146 valence electrons. The van der Waals surface area contributed by atoms with E-state index in [-0.39, 0.29) is 10.5 Å². The topological polar surface area (TPSA) is 45.8 Å². The second-order valence-electron chi connectivity index (χ2n) is 6.63. The zero-order valence-electron chi connectivity index (χ0n) is 15.3. The highest BCUT2D eigenvalue weighted by molar-refractivity contribution is 6.31. The molecule has 3 aromatic rings. The second kappa shape index (κ2) is 7.80. The zero-order valence-corrected chi connectivity index (χ0v) is 16.1. The third-order valence-corrected chi connectivity index (χ3v) is 5.03. The third kappa shape index (κ3) is 4.28. The molecule has 0 saturated carbocycles. The number of nitrogens with one attached hydrogen (secondary N) is 1. The molecule has 2 heterocycles. The van der Waals surface area contributed by atoms with Gasteiger partial charge in [0.2, 0.25) is 5.43 Å². The molecular formula is C21H18ClF3N2O. The van der Waals surface area contributed by atoms with Gasteiger partial charge in [-0.05, 0) is 50.5 Å². The van der Waals surface area contributed by atoms with Crippen molar-refractivity contribution in [3.8, 4) is 11.1 Å². The summed E-state index contributed by atoms with van der Waals surface area (Å²) in [7, 11) is 0. The van der Waals surface area contributed by atoms with Crippen LogP contribution in [0.15, 0.2) is 47.4 Å². The number of halogens is 4. The van der Waals surface area contributed by atoms with E-state index in [1.807, 2.05) is 6.07 Å². The summed E-state index contributed by atoms with van der Waals surface area (Å²) in [4.78, 5) is 19.9. The predicted molar refractivity (Wildman–Crippen MR) is 104 cm³/mol. The Bertz CT molecular complexity index is 1040. The number of alkyl halides is 3. The number of hydrogen-bond donors (Lipinski definition) is 1. The van der Waals surface area contributed by atoms with Crippen molar-refractivity contribution in [3.63, 3.8) is 0 Å². The number of benzene rings is 1. The van der Waals surface area contributed by atoms with E-state index in [1.165, 1.54) is 12.1 Å². The van der Waals surface area contributed by atoms with Gasteiger partial charge in [-0.15, -0.1) is 0 Å². The normalized spacial score (nSPS) is 11.6. The van der Waals surface area contributed by atoms with Crippen LogP contribution in [-0.4, -0.2) is 9.97 Å². The molecule has 2 aromatic heterocycles. The van der Waals surface area contributed by atoms with Gasteiger partial charge in [-0.3, -0.25) is 9.78 Å². The van der Waals surface area contributed by atoms with Crippen LogP contribution in [0.4, 0.5) is 13.2 Å². The molecule has 0 unspecified atom stereocenters. The summed E-state index contributed by atoms with van der Waals surface area (Å²) in [6.45, 7) is 3.54. The third-order valence-electron chi connectivity index (χ3n) is 4.57. The molecule has 7 heteroatoms. The van der Waals surface area contributed by atoms with E-state index in [4.69, 9.17) is 11.6 Å². The van der Waals surface area contributed by atoms with Crippen molar-refractivity contribution in [2.45, 2.75) is 32.9 Å². The Hall–Kier alpha value is -2.60. The molecule has 3 nitrogen and oxygen atoms in total. The van der Waals surface area contributed by atoms with Crippen LogP contribution in [0.2, 0.25) is 5.02 Å². The smallest absolute Gasteiger partial charge is 0.361 e. The Kier molecular flexibility index (Phi) is 5.61. The summed E-state index contributed by atoms with van der Waals surface area (Å²) in [5, 5.41) is 0.159. The minimum absolute atomic E-state index is 0.159. The second-order valence-corrected chi connectivity index (χ2v) is 7.00. The summed E-state index contributed by atoms with van der Waals surface area (Å²) in [6.07, 6.45) is -1.56. The van der Waals surface area contributed by atoms with Crippen molar-refractivity contribution < 1.29 is 13.2 Å². The van der Waals surface area contributed by atoms with Gasteiger partial charge in [0.15, 0.2) is 0 Å². The lowest BCUT2D eigenvalue weighted by Gasteiger charge is -2.09. The maximum absolute atomic E-state index is 12.6. The van der Waals surface area contributed by atoms with Gasteiger partial charge in [-0.25, -0.2) is 0 Å². The minimum atomic E-state index is -4.33. The summed E-state index contributed by atoms with van der Waals surface area (Å²) in [6, 6.07) is 8.75. The molecule has 0 spiro atoms. The molecule has 0 amide bonds. The van der Waals surface area contributed by atoms with Crippen molar-refractivity contribution in [3.05, 3.63) is 86.0 Å². The number of aryl methyl sites for hydroxylation is 4. The average Bonchev–Trinajstić information content (AvgIpc) is 2.65. The Morgan fingerprint density at radius 3 is 2.25 bits per heavy atom. The summed E-state index contributed by atoms with van der Waals surface area (Å²) in [5.41, 5.74) is 3.18. The monoisotopic (exact) mass is 406 g/mol. The molecule has 28 heavy (non-hydrogen) atoms. The van der Waals surface area contributed by atoms with Crippen LogP contribution in [0.1, 0.15) is 28.2 Å². The van der Waals surface area contributed by atoms with Crippen LogP contribution in [-0.2, 0) is 19.0 Å². The fraction of sp³-hybridized carbons (Fsp3) is 0.238. The van der Waals surface area contributed by atoms with Gasteiger partial charge >= 0.3 is 6.18 Å². The van der Waals surface area contributed by atoms with Gasteiger partial charge in [0.25, 0.3) is 0 Å². The van der Waals surface area contributed by atoms with Crippen LogP contribution in [0, 0.1) is 13.8 Å². The Morgan fingerprint density at radius 1 is 1.00 bits per heavy atom. The van der Waals surface area contributed by atoms with Gasteiger partial charge in [-0.1, -0.05) is 29.8 Å². The lowest BCUT2D eigenvalue weighted by molar-refractivity contribution is -0.137. The van der Waals surface area contributed by atoms with E-state index in [0.29, 0.717) is 35.4 Å². The zero-order chi connectivity index (χ0) is 20.5. The van der Waals surface area contributed by atoms with Crippen LogP contribution in [0.5, 0.6) is 0 Å². The van der Waals surface area contributed by atoms with E-state index >= 15 is 0 Å². The van der Waals surface area contributed by atoms with Gasteiger partial charge in [0.05, 0.1) is 11.1 Å². The minimum Gasteiger partial charge on any atom is -0.361 e. The number of aromatic nitrogens is 2. The standard InChI is InChI=1S/C21H18ClF3N2O/c1-12-18(20(28)19(22)13(2)27-12)15-6-10-17(26-11-15)9-5-14-3-7-16(8-4-14)21(23,24)25/h3-4,6-8,10-11H,5,9H2,1-2H3,(H,27,28). The molecule has 3 rings (SSSR count). The summed E-state index contributed by atoms with van der Waals surface area (Å²) in [5.74, 6) is 0. The maximum Gasteiger partial charge on any atom is 0.416 e. The molecule has 0 aliphatic rings. The van der Waals surface area contributed by atoms with E-state index in [1.54, 1.807) is 26.1 Å². The van der Waals surface area contributed by atoms with Gasteiger partial charge in [-0.2, -0.15) is 13.2 Å². The molecule has 0 radical (unpaired) electrons.